The van der Waals surface area contributed by atoms with E-state index < -0.39 is 0 Å². The minimum Gasteiger partial charge on any atom is -0.277 e. The maximum Gasteiger partial charge on any atom is 0.182 e. The third-order valence-corrected chi connectivity index (χ3v) is 3.51. The average Bonchev–Trinajstić information content (AvgIpc) is 2.62. The first-order valence-corrected chi connectivity index (χ1v) is 7.42. The van der Waals surface area contributed by atoms with Crippen molar-refractivity contribution in [1.29, 1.82) is 0 Å². The first-order valence-electron chi connectivity index (χ1n) is 7.04. The molecule has 1 heterocycles. The van der Waals surface area contributed by atoms with Gasteiger partial charge in [-0.1, -0.05) is 54.1 Å². The molecule has 0 fully saturated rings. The van der Waals surface area contributed by atoms with E-state index in [4.69, 9.17) is 11.6 Å². The van der Waals surface area contributed by atoms with Crippen LogP contribution in [0.2, 0.25) is 5.02 Å². The van der Waals surface area contributed by atoms with E-state index in [2.05, 4.69) is 25.7 Å². The van der Waals surface area contributed by atoms with Crippen molar-refractivity contribution in [3.63, 3.8) is 0 Å². The zero-order valence-corrected chi connectivity index (χ0v) is 13.2. The van der Waals surface area contributed by atoms with Crippen LogP contribution >= 0.6 is 11.6 Å². The summed E-state index contributed by atoms with van der Waals surface area (Å²) < 4.78 is 0. The lowest BCUT2D eigenvalue weighted by Gasteiger charge is -2.05. The molecule has 114 valence electrons. The van der Waals surface area contributed by atoms with Gasteiger partial charge in [0.05, 0.1) is 22.6 Å². The van der Waals surface area contributed by atoms with Crippen LogP contribution in [0, 0.1) is 0 Å². The molecule has 0 bridgehead atoms. The van der Waals surface area contributed by atoms with Crippen LogP contribution in [0.5, 0.6) is 0 Å². The standard InChI is InChI=1S/C17H14ClN5/c1-12(21-22-15-10-6-5-9-14(15)18)16-11-19-23-17(20-16)13-7-3-2-4-8-13/h2-11,22H,1H3. The van der Waals surface area contributed by atoms with Crippen molar-refractivity contribution in [2.24, 2.45) is 5.10 Å². The summed E-state index contributed by atoms with van der Waals surface area (Å²) >= 11 is 6.09. The van der Waals surface area contributed by atoms with Crippen molar-refractivity contribution in [2.75, 3.05) is 5.43 Å². The molecule has 0 unspecified atom stereocenters. The van der Waals surface area contributed by atoms with Crippen molar-refractivity contribution in [3.05, 3.63) is 71.5 Å². The highest BCUT2D eigenvalue weighted by Crippen LogP contribution is 2.20. The highest BCUT2D eigenvalue weighted by Gasteiger charge is 2.06. The molecule has 0 spiro atoms. The number of nitrogens with zero attached hydrogens (tertiary/aromatic N) is 4. The molecule has 0 saturated heterocycles. The van der Waals surface area contributed by atoms with E-state index in [9.17, 15) is 0 Å². The van der Waals surface area contributed by atoms with E-state index in [1.807, 2.05) is 55.5 Å². The van der Waals surface area contributed by atoms with Gasteiger partial charge in [0.25, 0.3) is 0 Å². The maximum atomic E-state index is 6.09. The van der Waals surface area contributed by atoms with Crippen LogP contribution in [0.3, 0.4) is 0 Å². The second-order valence-corrected chi connectivity index (χ2v) is 5.23. The lowest BCUT2D eigenvalue weighted by Crippen LogP contribution is -2.05. The van der Waals surface area contributed by atoms with Crippen molar-refractivity contribution in [3.8, 4) is 11.4 Å². The Balaban J connectivity index is 1.84. The van der Waals surface area contributed by atoms with Gasteiger partial charge < -0.3 is 0 Å². The molecule has 3 aromatic rings. The van der Waals surface area contributed by atoms with Crippen molar-refractivity contribution in [2.45, 2.75) is 6.92 Å². The number of rotatable bonds is 4. The summed E-state index contributed by atoms with van der Waals surface area (Å²) in [4.78, 5) is 4.50. The Hall–Kier alpha value is -2.79. The number of para-hydroxylation sites is 1. The first kappa shape index (κ1) is 15.1. The summed E-state index contributed by atoms with van der Waals surface area (Å²) in [5.74, 6) is 0.565. The summed E-state index contributed by atoms with van der Waals surface area (Å²) in [7, 11) is 0. The zero-order valence-electron chi connectivity index (χ0n) is 12.4. The number of halogens is 1. The highest BCUT2D eigenvalue weighted by atomic mass is 35.5. The number of benzene rings is 2. The highest BCUT2D eigenvalue weighted by molar-refractivity contribution is 6.33. The molecule has 0 aliphatic heterocycles. The van der Waals surface area contributed by atoms with Crippen LogP contribution < -0.4 is 5.43 Å². The fraction of sp³-hybridized carbons (Fsp3) is 0.0588. The van der Waals surface area contributed by atoms with Crippen molar-refractivity contribution >= 4 is 23.0 Å². The molecule has 6 heteroatoms. The molecular formula is C17H14ClN5. The third kappa shape index (κ3) is 3.70. The van der Waals surface area contributed by atoms with Gasteiger partial charge in [-0.05, 0) is 19.1 Å². The minimum atomic E-state index is 0.565. The summed E-state index contributed by atoms with van der Waals surface area (Å²) in [6.45, 7) is 1.85. The van der Waals surface area contributed by atoms with E-state index in [1.54, 1.807) is 12.3 Å². The fourth-order valence-electron chi connectivity index (χ4n) is 1.94. The number of anilines is 1. The molecule has 5 nitrogen and oxygen atoms in total. The SMILES string of the molecule is CC(=NNc1ccccc1Cl)c1cnnc(-c2ccccc2)n1. The summed E-state index contributed by atoms with van der Waals surface area (Å²) in [5.41, 5.74) is 5.93. The van der Waals surface area contributed by atoms with Gasteiger partial charge in [-0.2, -0.15) is 10.2 Å². The molecule has 3 rings (SSSR count). The van der Waals surface area contributed by atoms with E-state index in [1.165, 1.54) is 0 Å². The predicted octanol–water partition coefficient (Wildman–Crippen LogP) is 4.03. The van der Waals surface area contributed by atoms with Gasteiger partial charge in [0, 0.05) is 5.56 Å². The van der Waals surface area contributed by atoms with Gasteiger partial charge in [-0.3, -0.25) is 5.43 Å². The largest absolute Gasteiger partial charge is 0.277 e. The molecule has 0 saturated carbocycles. The molecule has 0 aliphatic carbocycles. The van der Waals surface area contributed by atoms with Gasteiger partial charge in [-0.25, -0.2) is 4.98 Å². The summed E-state index contributed by atoms with van der Waals surface area (Å²) in [6.07, 6.45) is 1.58. The Morgan fingerprint density at radius 1 is 1.04 bits per heavy atom. The summed E-state index contributed by atoms with van der Waals surface area (Å²) in [5, 5.41) is 13.0. The Bertz CT molecular complexity index is 833. The van der Waals surface area contributed by atoms with Crippen LogP contribution in [0.25, 0.3) is 11.4 Å². The van der Waals surface area contributed by atoms with E-state index in [-0.39, 0.29) is 0 Å². The average molecular weight is 324 g/mol. The van der Waals surface area contributed by atoms with Gasteiger partial charge >= 0.3 is 0 Å². The van der Waals surface area contributed by atoms with Crippen LogP contribution in [-0.2, 0) is 0 Å². The lowest BCUT2D eigenvalue weighted by atomic mass is 10.2. The molecule has 1 N–H and O–H groups in total. The first-order chi connectivity index (χ1) is 11.2. The molecule has 23 heavy (non-hydrogen) atoms. The van der Waals surface area contributed by atoms with E-state index in [0.717, 1.165) is 11.3 Å². The molecular weight excluding hydrogens is 310 g/mol. The second kappa shape index (κ2) is 6.98. The van der Waals surface area contributed by atoms with Crippen LogP contribution in [0.1, 0.15) is 12.6 Å². The van der Waals surface area contributed by atoms with Crippen LogP contribution in [-0.4, -0.2) is 20.9 Å². The van der Waals surface area contributed by atoms with Gasteiger partial charge in [0.15, 0.2) is 5.82 Å². The van der Waals surface area contributed by atoms with Crippen molar-refractivity contribution < 1.29 is 0 Å². The topological polar surface area (TPSA) is 63.1 Å². The van der Waals surface area contributed by atoms with E-state index in [0.29, 0.717) is 22.3 Å². The van der Waals surface area contributed by atoms with E-state index >= 15 is 0 Å². The zero-order chi connectivity index (χ0) is 16.1. The Kier molecular flexibility index (Phi) is 4.59. The number of hydrogen-bond acceptors (Lipinski definition) is 5. The Morgan fingerprint density at radius 3 is 2.57 bits per heavy atom. The summed E-state index contributed by atoms with van der Waals surface area (Å²) in [6, 6.07) is 17.1. The molecule has 0 radical (unpaired) electrons. The Morgan fingerprint density at radius 2 is 1.78 bits per heavy atom. The molecule has 0 amide bonds. The minimum absolute atomic E-state index is 0.565. The number of hydrogen-bond donors (Lipinski definition) is 1. The van der Waals surface area contributed by atoms with Gasteiger partial charge in [-0.15, -0.1) is 5.10 Å². The number of nitrogens with one attached hydrogen (secondary N) is 1. The number of hydrazone groups is 1. The Labute approximate surface area is 139 Å². The van der Waals surface area contributed by atoms with Gasteiger partial charge in [0.2, 0.25) is 0 Å². The van der Waals surface area contributed by atoms with Crippen LogP contribution in [0.15, 0.2) is 65.9 Å². The predicted molar refractivity (Wildman–Crippen MR) is 92.5 cm³/mol. The molecule has 1 aromatic heterocycles. The molecule has 0 aliphatic rings. The maximum absolute atomic E-state index is 6.09. The normalized spacial score (nSPS) is 11.3. The quantitative estimate of drug-likeness (QED) is 0.581. The van der Waals surface area contributed by atoms with Gasteiger partial charge in [0.1, 0.15) is 5.69 Å². The smallest absolute Gasteiger partial charge is 0.182 e. The van der Waals surface area contributed by atoms with Crippen molar-refractivity contribution in [1.82, 2.24) is 15.2 Å². The monoisotopic (exact) mass is 323 g/mol. The number of aromatic nitrogens is 3. The lowest BCUT2D eigenvalue weighted by molar-refractivity contribution is 0.970. The van der Waals surface area contributed by atoms with Crippen LogP contribution in [0.4, 0.5) is 5.69 Å². The third-order valence-electron chi connectivity index (χ3n) is 3.18. The second-order valence-electron chi connectivity index (χ2n) is 4.82. The molecule has 2 aromatic carbocycles. The fourth-order valence-corrected chi connectivity index (χ4v) is 2.12. The molecule has 0 atom stereocenters.